The SMILES string of the molecule is CC(C)(C)NCC(=O)N(CCC#N)Cc1ccco1. The average Bonchev–Trinajstić information content (AvgIpc) is 2.83. The fourth-order valence-electron chi connectivity index (χ4n) is 1.52. The van der Waals surface area contributed by atoms with Crippen molar-refractivity contribution in [1.82, 2.24) is 10.2 Å². The normalized spacial score (nSPS) is 11.1. The predicted molar refractivity (Wildman–Crippen MR) is 72.1 cm³/mol. The van der Waals surface area contributed by atoms with Crippen LogP contribution in [0.4, 0.5) is 0 Å². The number of nitrogens with zero attached hydrogens (tertiary/aromatic N) is 2. The maximum atomic E-state index is 12.1. The molecule has 1 heterocycles. The van der Waals surface area contributed by atoms with E-state index >= 15 is 0 Å². The molecular weight excluding hydrogens is 242 g/mol. The largest absolute Gasteiger partial charge is 0.467 e. The Morgan fingerprint density at radius 1 is 1.53 bits per heavy atom. The van der Waals surface area contributed by atoms with Crippen LogP contribution in [0.25, 0.3) is 0 Å². The van der Waals surface area contributed by atoms with Crippen molar-refractivity contribution >= 4 is 5.91 Å². The molecule has 0 atom stereocenters. The maximum Gasteiger partial charge on any atom is 0.236 e. The van der Waals surface area contributed by atoms with Crippen molar-refractivity contribution in [2.24, 2.45) is 0 Å². The second kappa shape index (κ2) is 6.95. The van der Waals surface area contributed by atoms with Crippen molar-refractivity contribution in [2.45, 2.75) is 39.3 Å². The number of carbonyl (C=O) groups excluding carboxylic acids is 1. The first-order chi connectivity index (χ1) is 8.92. The van der Waals surface area contributed by atoms with Crippen LogP contribution in [0.5, 0.6) is 0 Å². The Labute approximate surface area is 114 Å². The molecule has 19 heavy (non-hydrogen) atoms. The fourth-order valence-corrected chi connectivity index (χ4v) is 1.52. The van der Waals surface area contributed by atoms with Crippen LogP contribution in [0.2, 0.25) is 0 Å². The number of nitrogens with one attached hydrogen (secondary N) is 1. The number of carbonyl (C=O) groups is 1. The zero-order valence-corrected chi connectivity index (χ0v) is 11.8. The van der Waals surface area contributed by atoms with Gasteiger partial charge in [0, 0.05) is 12.1 Å². The van der Waals surface area contributed by atoms with Gasteiger partial charge in [-0.3, -0.25) is 4.79 Å². The number of rotatable bonds is 6. The quantitative estimate of drug-likeness (QED) is 0.851. The molecule has 0 fully saturated rings. The van der Waals surface area contributed by atoms with Gasteiger partial charge in [-0.15, -0.1) is 0 Å². The fraction of sp³-hybridized carbons (Fsp3) is 0.571. The molecule has 1 N–H and O–H groups in total. The van der Waals surface area contributed by atoms with E-state index in [1.165, 1.54) is 0 Å². The number of hydrogen-bond donors (Lipinski definition) is 1. The second-order valence-corrected chi connectivity index (χ2v) is 5.41. The van der Waals surface area contributed by atoms with Gasteiger partial charge >= 0.3 is 0 Å². The van der Waals surface area contributed by atoms with Crippen molar-refractivity contribution in [1.29, 1.82) is 5.26 Å². The van der Waals surface area contributed by atoms with Gasteiger partial charge < -0.3 is 14.6 Å². The van der Waals surface area contributed by atoms with Crippen LogP contribution in [0.1, 0.15) is 33.0 Å². The molecule has 1 amide bonds. The molecule has 0 unspecified atom stereocenters. The summed E-state index contributed by atoms with van der Waals surface area (Å²) in [4.78, 5) is 13.8. The molecule has 0 spiro atoms. The van der Waals surface area contributed by atoms with E-state index in [-0.39, 0.29) is 18.0 Å². The summed E-state index contributed by atoms with van der Waals surface area (Å²) in [5, 5.41) is 11.8. The van der Waals surface area contributed by atoms with Gasteiger partial charge in [-0.05, 0) is 32.9 Å². The van der Waals surface area contributed by atoms with Gasteiger partial charge in [0.25, 0.3) is 0 Å². The molecule has 0 aromatic carbocycles. The van der Waals surface area contributed by atoms with Crippen molar-refractivity contribution in [3.63, 3.8) is 0 Å². The van der Waals surface area contributed by atoms with E-state index in [1.807, 2.05) is 26.8 Å². The molecule has 1 aromatic heterocycles. The van der Waals surface area contributed by atoms with E-state index in [2.05, 4.69) is 11.4 Å². The van der Waals surface area contributed by atoms with Crippen molar-refractivity contribution in [3.8, 4) is 6.07 Å². The third-order valence-corrected chi connectivity index (χ3v) is 2.54. The highest BCUT2D eigenvalue weighted by Crippen LogP contribution is 2.07. The van der Waals surface area contributed by atoms with Crippen LogP contribution in [0, 0.1) is 11.3 Å². The molecule has 0 aliphatic rings. The van der Waals surface area contributed by atoms with Gasteiger partial charge in [0.05, 0.1) is 31.8 Å². The van der Waals surface area contributed by atoms with E-state index in [0.29, 0.717) is 19.5 Å². The zero-order valence-electron chi connectivity index (χ0n) is 11.8. The lowest BCUT2D eigenvalue weighted by molar-refractivity contribution is -0.131. The summed E-state index contributed by atoms with van der Waals surface area (Å²) in [7, 11) is 0. The first kappa shape index (κ1) is 15.3. The van der Waals surface area contributed by atoms with Gasteiger partial charge in [0.1, 0.15) is 5.76 Å². The van der Waals surface area contributed by atoms with Crippen LogP contribution in [-0.2, 0) is 11.3 Å². The Morgan fingerprint density at radius 2 is 2.26 bits per heavy atom. The number of amides is 1. The lowest BCUT2D eigenvalue weighted by Crippen LogP contribution is -2.44. The van der Waals surface area contributed by atoms with Gasteiger partial charge in [-0.1, -0.05) is 0 Å². The molecule has 1 rings (SSSR count). The van der Waals surface area contributed by atoms with E-state index in [4.69, 9.17) is 9.68 Å². The Hall–Kier alpha value is -1.80. The van der Waals surface area contributed by atoms with Crippen LogP contribution in [0.3, 0.4) is 0 Å². The molecule has 5 heteroatoms. The summed E-state index contributed by atoms with van der Waals surface area (Å²) in [6.45, 7) is 7.10. The molecule has 1 aromatic rings. The highest BCUT2D eigenvalue weighted by molar-refractivity contribution is 5.78. The molecule has 0 aliphatic heterocycles. The smallest absolute Gasteiger partial charge is 0.236 e. The maximum absolute atomic E-state index is 12.1. The van der Waals surface area contributed by atoms with E-state index in [0.717, 1.165) is 5.76 Å². The molecular formula is C14H21N3O2. The highest BCUT2D eigenvalue weighted by atomic mass is 16.3. The summed E-state index contributed by atoms with van der Waals surface area (Å²) >= 11 is 0. The van der Waals surface area contributed by atoms with E-state index in [9.17, 15) is 4.79 Å². The highest BCUT2D eigenvalue weighted by Gasteiger charge is 2.17. The van der Waals surface area contributed by atoms with Gasteiger partial charge in [-0.2, -0.15) is 5.26 Å². The second-order valence-electron chi connectivity index (χ2n) is 5.41. The van der Waals surface area contributed by atoms with Crippen LogP contribution >= 0.6 is 0 Å². The van der Waals surface area contributed by atoms with Crippen molar-refractivity contribution < 1.29 is 9.21 Å². The van der Waals surface area contributed by atoms with Crippen molar-refractivity contribution in [2.75, 3.05) is 13.1 Å². The average molecular weight is 263 g/mol. The third-order valence-electron chi connectivity index (χ3n) is 2.54. The minimum atomic E-state index is -0.110. The molecule has 0 bridgehead atoms. The number of nitriles is 1. The molecule has 5 nitrogen and oxygen atoms in total. The third kappa shape index (κ3) is 6.07. The molecule has 0 aliphatic carbocycles. The minimum Gasteiger partial charge on any atom is -0.467 e. The monoisotopic (exact) mass is 263 g/mol. The van der Waals surface area contributed by atoms with Crippen LogP contribution in [0.15, 0.2) is 22.8 Å². The lowest BCUT2D eigenvalue weighted by Gasteiger charge is -2.25. The number of hydrogen-bond acceptors (Lipinski definition) is 4. The predicted octanol–water partition coefficient (Wildman–Crippen LogP) is 1.91. The molecule has 0 saturated carbocycles. The molecule has 0 radical (unpaired) electrons. The summed E-state index contributed by atoms with van der Waals surface area (Å²) in [6, 6.07) is 5.67. The molecule has 104 valence electrons. The first-order valence-corrected chi connectivity index (χ1v) is 6.34. The Bertz CT molecular complexity index is 427. The standard InChI is InChI=1S/C14H21N3O2/c1-14(2,3)16-10-13(18)17(8-5-7-15)11-12-6-4-9-19-12/h4,6,9,16H,5,8,10-11H2,1-3H3. The lowest BCUT2D eigenvalue weighted by atomic mass is 10.1. The minimum absolute atomic E-state index is 0.0263. The van der Waals surface area contributed by atoms with Gasteiger partial charge in [-0.25, -0.2) is 0 Å². The van der Waals surface area contributed by atoms with Crippen LogP contribution in [-0.4, -0.2) is 29.4 Å². The summed E-state index contributed by atoms with van der Waals surface area (Å²) in [6.07, 6.45) is 1.90. The Morgan fingerprint density at radius 3 is 2.79 bits per heavy atom. The first-order valence-electron chi connectivity index (χ1n) is 6.34. The van der Waals surface area contributed by atoms with Gasteiger partial charge in [0.15, 0.2) is 0 Å². The van der Waals surface area contributed by atoms with Crippen molar-refractivity contribution in [3.05, 3.63) is 24.2 Å². The number of furan rings is 1. The summed E-state index contributed by atoms with van der Waals surface area (Å²) in [5.41, 5.74) is -0.110. The van der Waals surface area contributed by atoms with E-state index in [1.54, 1.807) is 17.2 Å². The Balaban J connectivity index is 2.57. The Kier molecular flexibility index (Phi) is 5.58. The van der Waals surface area contributed by atoms with E-state index < -0.39 is 0 Å². The molecule has 0 saturated heterocycles. The summed E-state index contributed by atoms with van der Waals surface area (Å²) in [5.74, 6) is 0.698. The van der Waals surface area contributed by atoms with Crippen LogP contribution < -0.4 is 5.32 Å². The van der Waals surface area contributed by atoms with Gasteiger partial charge in [0.2, 0.25) is 5.91 Å². The summed E-state index contributed by atoms with van der Waals surface area (Å²) < 4.78 is 5.24. The topological polar surface area (TPSA) is 69.3 Å². The zero-order chi connectivity index (χ0) is 14.3.